The van der Waals surface area contributed by atoms with E-state index >= 15 is 0 Å². The Bertz CT molecular complexity index is 695. The van der Waals surface area contributed by atoms with Gasteiger partial charge in [-0.25, -0.2) is 0 Å². The number of quaternary nitrogens is 1. The molecule has 0 saturated carbocycles. The maximum absolute atomic E-state index is 12.4. The van der Waals surface area contributed by atoms with Gasteiger partial charge >= 0.3 is 0 Å². The van der Waals surface area contributed by atoms with Crippen molar-refractivity contribution in [3.8, 4) is 5.75 Å². The third-order valence-corrected chi connectivity index (χ3v) is 4.50. The number of ether oxygens (including phenoxy) is 1. The average Bonchev–Trinajstić information content (AvgIpc) is 2.62. The van der Waals surface area contributed by atoms with Gasteiger partial charge in [-0.15, -0.1) is 0 Å². The van der Waals surface area contributed by atoms with E-state index in [1.165, 1.54) is 12.0 Å². The highest BCUT2D eigenvalue weighted by Gasteiger charge is 2.21. The predicted molar refractivity (Wildman–Crippen MR) is 109 cm³/mol. The number of halogens is 1. The van der Waals surface area contributed by atoms with Gasteiger partial charge in [0.15, 0.2) is 13.1 Å². The van der Waals surface area contributed by atoms with E-state index < -0.39 is 0 Å². The minimum absolute atomic E-state index is 0.00347. The summed E-state index contributed by atoms with van der Waals surface area (Å²) in [7, 11) is 4.83. The zero-order valence-electron chi connectivity index (χ0n) is 17.2. The van der Waals surface area contributed by atoms with Gasteiger partial charge in [-0.05, 0) is 32.0 Å². The molecule has 0 fully saturated rings. The molecule has 1 aromatic carbocycles. The zero-order chi connectivity index (χ0) is 21.3. The molecule has 8 nitrogen and oxygen atoms in total. The highest BCUT2D eigenvalue weighted by atomic mass is 35.5. The third kappa shape index (κ3) is 7.36. The largest absolute Gasteiger partial charge is 0.495 e. The maximum atomic E-state index is 12.4. The lowest BCUT2D eigenvalue weighted by atomic mass is 10.3. The Morgan fingerprint density at radius 3 is 2.32 bits per heavy atom. The highest BCUT2D eigenvalue weighted by Crippen LogP contribution is 2.27. The van der Waals surface area contributed by atoms with Crippen LogP contribution in [0.4, 0.5) is 5.69 Å². The molecule has 0 heterocycles. The summed E-state index contributed by atoms with van der Waals surface area (Å²) >= 11 is 5.95. The topological polar surface area (TPSA) is 83.4 Å². The van der Waals surface area contributed by atoms with Crippen LogP contribution in [0.15, 0.2) is 18.2 Å². The molecular weight excluding hydrogens is 384 g/mol. The van der Waals surface area contributed by atoms with E-state index in [9.17, 15) is 14.4 Å². The first-order valence-corrected chi connectivity index (χ1v) is 9.55. The van der Waals surface area contributed by atoms with Crippen molar-refractivity contribution in [1.29, 1.82) is 0 Å². The van der Waals surface area contributed by atoms with Crippen LogP contribution in [0.5, 0.6) is 5.75 Å². The van der Waals surface area contributed by atoms with E-state index in [4.69, 9.17) is 16.3 Å². The Morgan fingerprint density at radius 2 is 1.75 bits per heavy atom. The van der Waals surface area contributed by atoms with Crippen molar-refractivity contribution in [2.24, 2.45) is 0 Å². The van der Waals surface area contributed by atoms with Crippen molar-refractivity contribution in [3.05, 3.63) is 23.2 Å². The number of amides is 3. The van der Waals surface area contributed by atoms with E-state index in [-0.39, 0.29) is 37.4 Å². The summed E-state index contributed by atoms with van der Waals surface area (Å²) in [5.41, 5.74) is 0.438. The van der Waals surface area contributed by atoms with E-state index in [1.807, 2.05) is 13.8 Å². The number of hydrogen-bond donors (Lipinski definition) is 2. The molecule has 0 saturated heterocycles. The summed E-state index contributed by atoms with van der Waals surface area (Å²) in [6.45, 7) is 5.36. The predicted octanol–water partition coefficient (Wildman–Crippen LogP) is 0.129. The first kappa shape index (κ1) is 23.7. The van der Waals surface area contributed by atoms with E-state index in [1.54, 1.807) is 37.2 Å². The summed E-state index contributed by atoms with van der Waals surface area (Å²) < 4.78 is 5.19. The lowest BCUT2D eigenvalue weighted by Crippen LogP contribution is -3.11. The third-order valence-electron chi connectivity index (χ3n) is 4.26. The van der Waals surface area contributed by atoms with Crippen LogP contribution < -0.4 is 15.0 Å². The SMILES string of the molecule is CCN(CC)C(=O)C[NH+](C)CC(=O)N(C)CC(=O)Nc1cc(Cl)ccc1OC. The molecule has 1 atom stereocenters. The molecule has 1 rings (SSSR count). The second kappa shape index (κ2) is 11.5. The Morgan fingerprint density at radius 1 is 1.14 bits per heavy atom. The number of hydrogen-bond acceptors (Lipinski definition) is 4. The van der Waals surface area contributed by atoms with Crippen LogP contribution in [-0.4, -0.2) is 81.5 Å². The zero-order valence-corrected chi connectivity index (χ0v) is 17.9. The van der Waals surface area contributed by atoms with Crippen molar-refractivity contribution in [2.45, 2.75) is 13.8 Å². The van der Waals surface area contributed by atoms with E-state index in [0.29, 0.717) is 29.5 Å². The van der Waals surface area contributed by atoms with Crippen LogP contribution >= 0.6 is 11.6 Å². The Hall–Kier alpha value is -2.32. The van der Waals surface area contributed by atoms with Gasteiger partial charge in [-0.2, -0.15) is 0 Å². The van der Waals surface area contributed by atoms with Gasteiger partial charge < -0.3 is 24.8 Å². The molecule has 3 amide bonds. The first-order valence-electron chi connectivity index (χ1n) is 9.18. The van der Waals surface area contributed by atoms with Crippen molar-refractivity contribution >= 4 is 35.0 Å². The lowest BCUT2D eigenvalue weighted by molar-refractivity contribution is -0.863. The number of likely N-dealkylation sites (N-methyl/N-ethyl adjacent to an activating group) is 3. The maximum Gasteiger partial charge on any atom is 0.277 e. The van der Waals surface area contributed by atoms with Gasteiger partial charge in [0, 0.05) is 25.2 Å². The van der Waals surface area contributed by atoms with Crippen LogP contribution in [0.2, 0.25) is 5.02 Å². The fraction of sp³-hybridized carbons (Fsp3) is 0.526. The second-order valence-electron chi connectivity index (χ2n) is 6.52. The molecule has 1 aromatic rings. The minimum atomic E-state index is -0.367. The second-order valence-corrected chi connectivity index (χ2v) is 6.96. The normalized spacial score (nSPS) is 11.5. The number of carbonyl (C=O) groups excluding carboxylic acids is 3. The van der Waals surface area contributed by atoms with Crippen LogP contribution in [0, 0.1) is 0 Å². The molecule has 9 heteroatoms. The molecule has 28 heavy (non-hydrogen) atoms. The van der Waals surface area contributed by atoms with Crippen LogP contribution in [0.3, 0.4) is 0 Å². The number of rotatable bonds is 10. The Balaban J connectivity index is 2.56. The van der Waals surface area contributed by atoms with Gasteiger partial charge in [0.2, 0.25) is 5.91 Å². The van der Waals surface area contributed by atoms with Gasteiger partial charge in [-0.1, -0.05) is 11.6 Å². The van der Waals surface area contributed by atoms with Crippen molar-refractivity contribution in [1.82, 2.24) is 9.80 Å². The number of nitrogens with zero attached hydrogens (tertiary/aromatic N) is 2. The minimum Gasteiger partial charge on any atom is -0.495 e. The van der Waals surface area contributed by atoms with E-state index in [0.717, 1.165) is 4.90 Å². The molecule has 0 radical (unpaired) electrons. The molecule has 0 aliphatic rings. The fourth-order valence-electron chi connectivity index (χ4n) is 2.67. The summed E-state index contributed by atoms with van der Waals surface area (Å²) in [6, 6.07) is 4.89. The number of methoxy groups -OCH3 is 1. The molecule has 0 bridgehead atoms. The van der Waals surface area contributed by atoms with Gasteiger partial charge in [0.25, 0.3) is 11.8 Å². The highest BCUT2D eigenvalue weighted by molar-refractivity contribution is 6.31. The lowest BCUT2D eigenvalue weighted by Gasteiger charge is -2.22. The van der Waals surface area contributed by atoms with Crippen LogP contribution in [-0.2, 0) is 14.4 Å². The Labute approximate surface area is 171 Å². The van der Waals surface area contributed by atoms with Gasteiger partial charge in [-0.3, -0.25) is 14.4 Å². The molecule has 0 aliphatic carbocycles. The summed E-state index contributed by atoms with van der Waals surface area (Å²) in [5.74, 6) is -0.110. The van der Waals surface area contributed by atoms with Crippen molar-refractivity contribution in [2.75, 3.05) is 59.2 Å². The number of benzene rings is 1. The molecule has 0 spiro atoms. The number of carbonyl (C=O) groups is 3. The van der Waals surface area contributed by atoms with Gasteiger partial charge in [0.1, 0.15) is 5.75 Å². The quantitative estimate of drug-likeness (QED) is 0.571. The number of nitrogens with one attached hydrogen (secondary N) is 2. The van der Waals surface area contributed by atoms with Crippen molar-refractivity contribution in [3.63, 3.8) is 0 Å². The Kier molecular flexibility index (Phi) is 9.75. The molecular formula is C19H30ClN4O4+. The first-order chi connectivity index (χ1) is 13.2. The molecule has 0 aromatic heterocycles. The number of anilines is 1. The van der Waals surface area contributed by atoms with Gasteiger partial charge in [0.05, 0.1) is 26.4 Å². The molecule has 1 unspecified atom stereocenters. The van der Waals surface area contributed by atoms with E-state index in [2.05, 4.69) is 5.32 Å². The summed E-state index contributed by atoms with van der Waals surface area (Å²) in [6.07, 6.45) is 0. The molecule has 156 valence electrons. The fourth-order valence-corrected chi connectivity index (χ4v) is 2.85. The summed E-state index contributed by atoms with van der Waals surface area (Å²) in [5, 5.41) is 3.16. The van der Waals surface area contributed by atoms with Crippen LogP contribution in [0.1, 0.15) is 13.8 Å². The standard InChI is InChI=1S/C19H29ClN4O4/c1-6-24(7-2)19(27)13-22(3)12-18(26)23(4)11-17(25)21-15-10-14(20)8-9-16(15)28-5/h8-10H,6-7,11-13H2,1-5H3,(H,21,25)/p+1. The smallest absolute Gasteiger partial charge is 0.277 e. The molecule has 0 aliphatic heterocycles. The van der Waals surface area contributed by atoms with Crippen molar-refractivity contribution < 1.29 is 24.0 Å². The monoisotopic (exact) mass is 413 g/mol. The average molecular weight is 414 g/mol. The molecule has 2 N–H and O–H groups in total. The van der Waals surface area contributed by atoms with Crippen LogP contribution in [0.25, 0.3) is 0 Å². The summed E-state index contributed by atoms with van der Waals surface area (Å²) in [4.78, 5) is 40.6.